The monoisotopic (exact) mass is 692 g/mol. The van der Waals surface area contributed by atoms with Crippen molar-refractivity contribution in [2.24, 2.45) is 23.2 Å². The van der Waals surface area contributed by atoms with Crippen LogP contribution in [0.1, 0.15) is 84.1 Å². The lowest BCUT2D eigenvalue weighted by atomic mass is 9.52. The first-order chi connectivity index (χ1) is 24.6. The number of piperazine rings is 1. The van der Waals surface area contributed by atoms with Gasteiger partial charge in [0.1, 0.15) is 11.6 Å². The van der Waals surface area contributed by atoms with Crippen LogP contribution >= 0.6 is 0 Å². The number of aromatic amines is 1. The van der Waals surface area contributed by atoms with Gasteiger partial charge in [-0.3, -0.25) is 14.4 Å². The minimum Gasteiger partial charge on any atom is -0.508 e. The van der Waals surface area contributed by atoms with E-state index in [1.54, 1.807) is 35.2 Å². The van der Waals surface area contributed by atoms with E-state index in [9.17, 15) is 24.6 Å². The number of carbonyl (C=O) groups is 2. The van der Waals surface area contributed by atoms with Crippen LogP contribution in [0.5, 0.6) is 5.75 Å². The molecule has 9 nitrogen and oxygen atoms in total. The maximum Gasteiger partial charge on any atom is 0.272 e. The van der Waals surface area contributed by atoms with Gasteiger partial charge >= 0.3 is 0 Å². The van der Waals surface area contributed by atoms with E-state index in [1.807, 2.05) is 23.1 Å². The van der Waals surface area contributed by atoms with Crippen LogP contribution in [0.15, 0.2) is 65.5 Å². The molecule has 266 valence electrons. The number of aromatic hydroxyl groups is 1. The Balaban J connectivity index is 0.917. The number of nitrogens with one attached hydrogen (secondary N) is 1. The number of rotatable bonds is 6. The molecule has 6 atom stereocenters. The molecular weight excluding hydrogens is 647 g/mol. The Bertz CT molecular complexity index is 2060. The topological polar surface area (TPSA) is 127 Å². The van der Waals surface area contributed by atoms with E-state index >= 15 is 4.39 Å². The SMILES string of the molecule is C[C@]12CC[C@@H]3c4ccc(O)cc4CC(CCC(=O)N4CCN(C(=O)c5cc(Cc6n[nH]c(=O)c7ccccc67)ccc5F)CC4)[C@H]3[C@@H]1CC[C@@H]2O. The van der Waals surface area contributed by atoms with Gasteiger partial charge in [-0.2, -0.15) is 5.10 Å². The second-order valence-electron chi connectivity index (χ2n) is 15.5. The van der Waals surface area contributed by atoms with Crippen molar-refractivity contribution < 1.29 is 24.2 Å². The first-order valence-electron chi connectivity index (χ1n) is 18.4. The number of benzene rings is 3. The molecule has 51 heavy (non-hydrogen) atoms. The number of aromatic nitrogens is 2. The summed E-state index contributed by atoms with van der Waals surface area (Å²) < 4.78 is 15.1. The van der Waals surface area contributed by atoms with Gasteiger partial charge in [0.15, 0.2) is 0 Å². The number of aliphatic hydroxyl groups excluding tert-OH is 1. The minimum atomic E-state index is -0.601. The molecule has 0 radical (unpaired) electrons. The molecule has 1 unspecified atom stereocenters. The van der Waals surface area contributed by atoms with Crippen LogP contribution in [0.3, 0.4) is 0 Å². The quantitative estimate of drug-likeness (QED) is 0.243. The van der Waals surface area contributed by atoms with Gasteiger partial charge in [-0.1, -0.05) is 37.3 Å². The summed E-state index contributed by atoms with van der Waals surface area (Å²) in [5.41, 5.74) is 3.45. The predicted molar refractivity (Wildman–Crippen MR) is 191 cm³/mol. The smallest absolute Gasteiger partial charge is 0.272 e. The largest absolute Gasteiger partial charge is 0.508 e. The summed E-state index contributed by atoms with van der Waals surface area (Å²) in [7, 11) is 0. The highest BCUT2D eigenvalue weighted by molar-refractivity contribution is 5.95. The fraction of sp³-hybridized carbons (Fsp3) is 0.463. The van der Waals surface area contributed by atoms with Crippen molar-refractivity contribution in [2.75, 3.05) is 26.2 Å². The average Bonchev–Trinajstić information content (AvgIpc) is 3.45. The number of phenols is 1. The molecule has 1 aromatic heterocycles. The zero-order chi connectivity index (χ0) is 35.4. The van der Waals surface area contributed by atoms with Crippen molar-refractivity contribution >= 4 is 22.6 Å². The van der Waals surface area contributed by atoms with E-state index in [0.29, 0.717) is 78.8 Å². The van der Waals surface area contributed by atoms with E-state index in [4.69, 9.17) is 0 Å². The molecule has 8 rings (SSSR count). The standard InChI is InChI=1S/C41H45FN4O5/c1-41-15-14-30-28-9-8-27(47)23-26(28)22-25(38(30)33(41)10-12-36(41)48)7-13-37(49)45-16-18-46(19-17-45)40(51)32-20-24(6-11-34(32)42)21-35-29-4-2-3-5-31(29)39(50)44-43-35/h2-6,8-9,11,20,23,25,30,33,36,38,47-48H,7,10,12-19,21-22H2,1H3,(H,44,50)/t25?,30-,33+,36+,38-,41+/m1/s1. The average molecular weight is 693 g/mol. The summed E-state index contributed by atoms with van der Waals surface area (Å²) in [5, 5.41) is 29.3. The van der Waals surface area contributed by atoms with E-state index in [1.165, 1.54) is 17.2 Å². The maximum absolute atomic E-state index is 15.1. The van der Waals surface area contributed by atoms with Gasteiger partial charge in [-0.05, 0) is 115 Å². The highest BCUT2D eigenvalue weighted by Crippen LogP contribution is 2.62. The molecule has 1 saturated heterocycles. The Labute approximate surface area is 296 Å². The molecule has 2 heterocycles. The number of amides is 2. The summed E-state index contributed by atoms with van der Waals surface area (Å²) in [4.78, 5) is 42.9. The van der Waals surface area contributed by atoms with Crippen LogP contribution < -0.4 is 5.56 Å². The third-order valence-electron chi connectivity index (χ3n) is 12.9. The lowest BCUT2D eigenvalue weighted by molar-refractivity contribution is -0.133. The van der Waals surface area contributed by atoms with Crippen molar-refractivity contribution in [3.8, 4) is 5.75 Å². The Morgan fingerprint density at radius 2 is 1.75 bits per heavy atom. The van der Waals surface area contributed by atoms with Gasteiger partial charge in [-0.15, -0.1) is 0 Å². The van der Waals surface area contributed by atoms with Gasteiger partial charge in [-0.25, -0.2) is 9.49 Å². The van der Waals surface area contributed by atoms with Gasteiger partial charge in [0, 0.05) is 44.4 Å². The van der Waals surface area contributed by atoms with E-state index in [2.05, 4.69) is 23.2 Å². The fourth-order valence-corrected chi connectivity index (χ4v) is 10.2. The molecule has 0 bridgehead atoms. The van der Waals surface area contributed by atoms with Crippen LogP contribution in [0.4, 0.5) is 4.39 Å². The Morgan fingerprint density at radius 3 is 2.55 bits per heavy atom. The molecule has 4 aliphatic rings. The van der Waals surface area contributed by atoms with E-state index in [-0.39, 0.29) is 40.2 Å². The number of halogens is 1. The minimum absolute atomic E-state index is 0.0179. The highest BCUT2D eigenvalue weighted by atomic mass is 19.1. The van der Waals surface area contributed by atoms with Crippen molar-refractivity contribution in [1.82, 2.24) is 20.0 Å². The summed E-state index contributed by atoms with van der Waals surface area (Å²) in [6.45, 7) is 3.67. The Kier molecular flexibility index (Phi) is 8.69. The molecule has 3 N–H and O–H groups in total. The van der Waals surface area contributed by atoms with Crippen molar-refractivity contribution in [3.63, 3.8) is 0 Å². The number of carbonyl (C=O) groups excluding carboxylic acids is 2. The second-order valence-corrected chi connectivity index (χ2v) is 15.5. The van der Waals surface area contributed by atoms with E-state index < -0.39 is 11.7 Å². The predicted octanol–water partition coefficient (Wildman–Crippen LogP) is 5.57. The van der Waals surface area contributed by atoms with Gasteiger partial charge in [0.2, 0.25) is 5.91 Å². The van der Waals surface area contributed by atoms with Crippen LogP contribution in [-0.4, -0.2) is 74.3 Å². The summed E-state index contributed by atoms with van der Waals surface area (Å²) >= 11 is 0. The number of hydrogen-bond acceptors (Lipinski definition) is 6. The summed E-state index contributed by atoms with van der Waals surface area (Å²) in [5.74, 6) is 0.797. The normalized spacial score (nSPS) is 27.2. The zero-order valence-electron chi connectivity index (χ0n) is 29.0. The lowest BCUT2D eigenvalue weighted by Crippen LogP contribution is -2.51. The molecule has 2 saturated carbocycles. The lowest BCUT2D eigenvalue weighted by Gasteiger charge is -2.53. The maximum atomic E-state index is 15.1. The van der Waals surface area contributed by atoms with Crippen molar-refractivity contribution in [3.05, 3.63) is 105 Å². The zero-order valence-corrected chi connectivity index (χ0v) is 29.0. The molecule has 0 spiro atoms. The van der Waals surface area contributed by atoms with Crippen LogP contribution in [-0.2, 0) is 17.6 Å². The van der Waals surface area contributed by atoms with Gasteiger partial charge in [0.05, 0.1) is 22.7 Å². The summed E-state index contributed by atoms with van der Waals surface area (Å²) in [6, 6.07) is 17.4. The number of fused-ring (bicyclic) bond motifs is 6. The molecule has 3 fully saturated rings. The molecular formula is C41H45FN4O5. The number of phenolic OH excluding ortho intramolecular Hbond substituents is 1. The number of nitrogens with zero attached hydrogens (tertiary/aromatic N) is 3. The van der Waals surface area contributed by atoms with Gasteiger partial charge in [0.25, 0.3) is 11.5 Å². The van der Waals surface area contributed by atoms with E-state index in [0.717, 1.165) is 38.5 Å². The third-order valence-corrected chi connectivity index (χ3v) is 12.9. The number of aliphatic hydroxyl groups is 1. The molecule has 3 aliphatic carbocycles. The molecule has 10 heteroatoms. The Hall–Kier alpha value is -4.57. The number of hydrogen-bond donors (Lipinski definition) is 3. The molecule has 4 aromatic rings. The third kappa shape index (κ3) is 6.01. The highest BCUT2D eigenvalue weighted by Gasteiger charge is 2.56. The Morgan fingerprint density at radius 1 is 0.980 bits per heavy atom. The van der Waals surface area contributed by atoms with Crippen molar-refractivity contribution in [2.45, 2.75) is 70.3 Å². The first kappa shape index (κ1) is 33.6. The van der Waals surface area contributed by atoms with Crippen LogP contribution in [0, 0.1) is 29.0 Å². The molecule has 1 aliphatic heterocycles. The molecule has 2 amide bonds. The fourth-order valence-electron chi connectivity index (χ4n) is 10.2. The first-order valence-corrected chi connectivity index (χ1v) is 18.4. The number of H-pyrrole nitrogens is 1. The van der Waals surface area contributed by atoms with Crippen molar-refractivity contribution in [1.29, 1.82) is 0 Å². The van der Waals surface area contributed by atoms with Crippen LogP contribution in [0.2, 0.25) is 0 Å². The van der Waals surface area contributed by atoms with Crippen LogP contribution in [0.25, 0.3) is 10.8 Å². The summed E-state index contributed by atoms with van der Waals surface area (Å²) in [6.07, 6.45) is 5.86. The van der Waals surface area contributed by atoms with Gasteiger partial charge < -0.3 is 20.0 Å². The second kappa shape index (κ2) is 13.2. The molecule has 3 aromatic carbocycles.